The first kappa shape index (κ1) is 15.2. The quantitative estimate of drug-likeness (QED) is 0.877. The summed E-state index contributed by atoms with van der Waals surface area (Å²) in [6, 6.07) is 13.6. The van der Waals surface area contributed by atoms with Crippen LogP contribution in [0.3, 0.4) is 0 Å². The molecule has 0 radical (unpaired) electrons. The van der Waals surface area contributed by atoms with E-state index < -0.39 is 6.10 Å². The van der Waals surface area contributed by atoms with Gasteiger partial charge < -0.3 is 10.4 Å². The van der Waals surface area contributed by atoms with Crippen LogP contribution in [-0.2, 0) is 0 Å². The Morgan fingerprint density at radius 2 is 1.80 bits per heavy atom. The van der Waals surface area contributed by atoms with Crippen molar-refractivity contribution in [2.75, 3.05) is 0 Å². The van der Waals surface area contributed by atoms with Gasteiger partial charge in [0.1, 0.15) is 0 Å². The average molecular weight is 335 g/mol. The fourth-order valence-electron chi connectivity index (χ4n) is 2.15. The average Bonchev–Trinajstić information content (AvgIpc) is 2.48. The third-order valence-electron chi connectivity index (χ3n) is 3.33. The predicted octanol–water partition coefficient (Wildman–Crippen LogP) is 3.62. The van der Waals surface area contributed by atoms with Crippen LogP contribution in [0.2, 0.25) is 0 Å². The number of rotatable bonds is 5. The van der Waals surface area contributed by atoms with E-state index in [9.17, 15) is 5.11 Å². The van der Waals surface area contributed by atoms with Crippen LogP contribution < -0.4 is 5.32 Å². The highest BCUT2D eigenvalue weighted by Crippen LogP contribution is 2.21. The summed E-state index contributed by atoms with van der Waals surface area (Å²) >= 11 is 3.40. The van der Waals surface area contributed by atoms with Crippen LogP contribution in [0.1, 0.15) is 37.3 Å². The lowest BCUT2D eigenvalue weighted by atomic mass is 10.0. The molecule has 3 nitrogen and oxygen atoms in total. The molecular weight excluding hydrogens is 316 g/mol. The van der Waals surface area contributed by atoms with Gasteiger partial charge in [-0.1, -0.05) is 34.1 Å². The van der Waals surface area contributed by atoms with E-state index in [1.54, 1.807) is 6.20 Å². The van der Waals surface area contributed by atoms with Crippen molar-refractivity contribution in [1.82, 2.24) is 10.3 Å². The summed E-state index contributed by atoms with van der Waals surface area (Å²) in [5.74, 6) is 0. The Balaban J connectivity index is 2.00. The molecule has 4 heteroatoms. The summed E-state index contributed by atoms with van der Waals surface area (Å²) in [5.41, 5.74) is 1.88. The number of benzene rings is 1. The third-order valence-corrected chi connectivity index (χ3v) is 3.86. The van der Waals surface area contributed by atoms with Crippen LogP contribution in [0.25, 0.3) is 0 Å². The van der Waals surface area contributed by atoms with Gasteiger partial charge in [-0.3, -0.25) is 4.98 Å². The molecule has 2 rings (SSSR count). The first-order valence-corrected chi connectivity index (χ1v) is 7.47. The van der Waals surface area contributed by atoms with Gasteiger partial charge in [-0.15, -0.1) is 0 Å². The summed E-state index contributed by atoms with van der Waals surface area (Å²) in [4.78, 5) is 4.33. The Morgan fingerprint density at radius 1 is 1.10 bits per heavy atom. The van der Waals surface area contributed by atoms with Crippen molar-refractivity contribution in [3.05, 3.63) is 64.4 Å². The molecule has 0 saturated carbocycles. The van der Waals surface area contributed by atoms with E-state index in [0.29, 0.717) is 0 Å². The SMILES string of the molecule is CC(NC(C)C(O)c1ccc(Br)cc1)c1ccccn1. The van der Waals surface area contributed by atoms with E-state index in [-0.39, 0.29) is 12.1 Å². The van der Waals surface area contributed by atoms with E-state index in [0.717, 1.165) is 15.7 Å². The van der Waals surface area contributed by atoms with Crippen molar-refractivity contribution in [2.45, 2.75) is 32.0 Å². The third kappa shape index (κ3) is 3.88. The van der Waals surface area contributed by atoms with E-state index in [1.165, 1.54) is 0 Å². The maximum Gasteiger partial charge on any atom is 0.0940 e. The predicted molar refractivity (Wildman–Crippen MR) is 84.4 cm³/mol. The lowest BCUT2D eigenvalue weighted by Gasteiger charge is -2.24. The fourth-order valence-corrected chi connectivity index (χ4v) is 2.42. The molecule has 1 aromatic heterocycles. The molecule has 3 unspecified atom stereocenters. The number of aromatic nitrogens is 1. The molecule has 0 spiro atoms. The monoisotopic (exact) mass is 334 g/mol. The van der Waals surface area contributed by atoms with Crippen LogP contribution in [0.4, 0.5) is 0 Å². The lowest BCUT2D eigenvalue weighted by Crippen LogP contribution is -2.34. The van der Waals surface area contributed by atoms with Crippen molar-refractivity contribution >= 4 is 15.9 Å². The number of pyridine rings is 1. The lowest BCUT2D eigenvalue weighted by molar-refractivity contribution is 0.130. The number of halogens is 1. The molecule has 0 aliphatic rings. The highest BCUT2D eigenvalue weighted by atomic mass is 79.9. The second-order valence-corrected chi connectivity index (χ2v) is 5.84. The normalized spacial score (nSPS) is 15.6. The molecule has 1 heterocycles. The highest BCUT2D eigenvalue weighted by Gasteiger charge is 2.19. The molecule has 0 bridgehead atoms. The van der Waals surface area contributed by atoms with Crippen molar-refractivity contribution in [3.63, 3.8) is 0 Å². The van der Waals surface area contributed by atoms with Crippen molar-refractivity contribution < 1.29 is 5.11 Å². The maximum absolute atomic E-state index is 10.4. The number of hydrogen-bond acceptors (Lipinski definition) is 3. The minimum atomic E-state index is -0.547. The van der Waals surface area contributed by atoms with Gasteiger partial charge in [0, 0.05) is 22.8 Å². The molecule has 0 amide bonds. The molecule has 0 aliphatic carbocycles. The number of aliphatic hydroxyl groups excluding tert-OH is 1. The summed E-state index contributed by atoms with van der Waals surface area (Å²) < 4.78 is 1.01. The van der Waals surface area contributed by atoms with Crippen LogP contribution in [0, 0.1) is 0 Å². The minimum Gasteiger partial charge on any atom is -0.387 e. The van der Waals surface area contributed by atoms with Crippen LogP contribution >= 0.6 is 15.9 Å². The number of aliphatic hydroxyl groups is 1. The van der Waals surface area contributed by atoms with Gasteiger partial charge >= 0.3 is 0 Å². The van der Waals surface area contributed by atoms with Crippen LogP contribution in [0.5, 0.6) is 0 Å². The first-order valence-electron chi connectivity index (χ1n) is 6.68. The van der Waals surface area contributed by atoms with Gasteiger partial charge in [-0.05, 0) is 43.7 Å². The van der Waals surface area contributed by atoms with Crippen molar-refractivity contribution in [3.8, 4) is 0 Å². The van der Waals surface area contributed by atoms with Gasteiger partial charge in [0.2, 0.25) is 0 Å². The summed E-state index contributed by atoms with van der Waals surface area (Å²) in [6.07, 6.45) is 1.23. The number of nitrogens with zero attached hydrogens (tertiary/aromatic N) is 1. The fraction of sp³-hybridized carbons (Fsp3) is 0.312. The molecule has 1 aromatic carbocycles. The molecule has 3 atom stereocenters. The maximum atomic E-state index is 10.4. The molecule has 0 saturated heterocycles. The smallest absolute Gasteiger partial charge is 0.0940 e. The second kappa shape index (κ2) is 6.97. The molecule has 2 N–H and O–H groups in total. The summed E-state index contributed by atoms with van der Waals surface area (Å²) in [5, 5.41) is 13.8. The zero-order valence-electron chi connectivity index (χ0n) is 11.6. The minimum absolute atomic E-state index is 0.0619. The Bertz CT molecular complexity index is 530. The zero-order valence-corrected chi connectivity index (χ0v) is 13.2. The zero-order chi connectivity index (χ0) is 14.5. The van der Waals surface area contributed by atoms with Gasteiger partial charge in [-0.25, -0.2) is 0 Å². The molecule has 0 fully saturated rings. The molecular formula is C16H19BrN2O. The van der Waals surface area contributed by atoms with Crippen LogP contribution in [0.15, 0.2) is 53.1 Å². The Kier molecular flexibility index (Phi) is 5.29. The van der Waals surface area contributed by atoms with E-state index >= 15 is 0 Å². The first-order chi connectivity index (χ1) is 9.58. The highest BCUT2D eigenvalue weighted by molar-refractivity contribution is 9.10. The molecule has 20 heavy (non-hydrogen) atoms. The summed E-state index contributed by atoms with van der Waals surface area (Å²) in [6.45, 7) is 4.03. The van der Waals surface area contributed by atoms with E-state index in [1.807, 2.05) is 56.3 Å². The van der Waals surface area contributed by atoms with E-state index in [4.69, 9.17) is 0 Å². The largest absolute Gasteiger partial charge is 0.387 e. The number of hydrogen-bond donors (Lipinski definition) is 2. The van der Waals surface area contributed by atoms with Crippen LogP contribution in [-0.4, -0.2) is 16.1 Å². The summed E-state index contributed by atoms with van der Waals surface area (Å²) in [7, 11) is 0. The molecule has 0 aliphatic heterocycles. The van der Waals surface area contributed by atoms with E-state index in [2.05, 4.69) is 26.2 Å². The van der Waals surface area contributed by atoms with Gasteiger partial charge in [0.15, 0.2) is 0 Å². The van der Waals surface area contributed by atoms with Crippen molar-refractivity contribution in [2.24, 2.45) is 0 Å². The van der Waals surface area contributed by atoms with Gasteiger partial charge in [0.25, 0.3) is 0 Å². The second-order valence-electron chi connectivity index (χ2n) is 4.93. The topological polar surface area (TPSA) is 45.1 Å². The standard InChI is InChI=1S/C16H19BrN2O/c1-11(15-5-3-4-10-18-15)19-12(2)16(20)13-6-8-14(17)9-7-13/h3-12,16,19-20H,1-2H3. The molecule has 2 aromatic rings. The van der Waals surface area contributed by atoms with Gasteiger partial charge in [-0.2, -0.15) is 0 Å². The Labute approximate surface area is 128 Å². The Hall–Kier alpha value is -1.23. The Morgan fingerprint density at radius 3 is 2.40 bits per heavy atom. The van der Waals surface area contributed by atoms with Crippen molar-refractivity contribution in [1.29, 1.82) is 0 Å². The number of nitrogens with one attached hydrogen (secondary N) is 1. The van der Waals surface area contributed by atoms with Gasteiger partial charge in [0.05, 0.1) is 11.8 Å². The molecule has 106 valence electrons.